The Labute approximate surface area is 137 Å². The maximum absolute atomic E-state index is 14.0. The standard InChI is InChI=1S/C12H17ClFN4O4P/c1-3-21-23(19,22-4-2)12(14)20-6-5-18-8-17-9-10(13)15-7-16-11(9)18/h7-8,12H,3-6H2,1-2H3. The van der Waals surface area contributed by atoms with Gasteiger partial charge in [-0.25, -0.2) is 19.3 Å². The van der Waals surface area contributed by atoms with Gasteiger partial charge in [0.1, 0.15) is 11.8 Å². The predicted molar refractivity (Wildman–Crippen MR) is 82.0 cm³/mol. The third-order valence-corrected chi connectivity index (χ3v) is 4.97. The van der Waals surface area contributed by atoms with Crippen LogP contribution in [-0.2, 0) is 24.9 Å². The number of rotatable bonds is 9. The summed E-state index contributed by atoms with van der Waals surface area (Å²) >= 11 is 5.90. The number of aromatic nitrogens is 4. The lowest BCUT2D eigenvalue weighted by molar-refractivity contribution is -0.00917. The first-order valence-electron chi connectivity index (χ1n) is 6.97. The van der Waals surface area contributed by atoms with Crippen LogP contribution in [-0.4, -0.2) is 45.4 Å². The summed E-state index contributed by atoms with van der Waals surface area (Å²) in [5, 5.41) is 0.232. The van der Waals surface area contributed by atoms with Crippen molar-refractivity contribution in [3.05, 3.63) is 17.8 Å². The first kappa shape index (κ1) is 18.2. The molecule has 2 rings (SSSR count). The van der Waals surface area contributed by atoms with E-state index in [2.05, 4.69) is 15.0 Å². The summed E-state index contributed by atoms with van der Waals surface area (Å²) in [6, 6.07) is 0. The van der Waals surface area contributed by atoms with Gasteiger partial charge in [-0.15, -0.1) is 0 Å². The van der Waals surface area contributed by atoms with Gasteiger partial charge >= 0.3 is 13.7 Å². The third-order valence-electron chi connectivity index (χ3n) is 2.81. The van der Waals surface area contributed by atoms with Crippen LogP contribution in [0.3, 0.4) is 0 Å². The molecule has 0 aliphatic heterocycles. The Hall–Kier alpha value is -1.12. The summed E-state index contributed by atoms with van der Waals surface area (Å²) in [6.07, 6.45) is 0.641. The highest BCUT2D eigenvalue weighted by atomic mass is 35.5. The van der Waals surface area contributed by atoms with Crippen LogP contribution in [0, 0.1) is 0 Å². The minimum Gasteiger partial charge on any atom is -0.337 e. The van der Waals surface area contributed by atoms with Crippen LogP contribution in [0.1, 0.15) is 13.8 Å². The third kappa shape index (κ3) is 4.24. The maximum Gasteiger partial charge on any atom is 0.391 e. The van der Waals surface area contributed by atoms with Crippen LogP contribution in [0.2, 0.25) is 5.15 Å². The minimum atomic E-state index is -3.93. The Morgan fingerprint density at radius 1 is 1.30 bits per heavy atom. The summed E-state index contributed by atoms with van der Waals surface area (Å²) in [6.45, 7) is 3.48. The average Bonchev–Trinajstić information content (AvgIpc) is 2.92. The molecule has 1 unspecified atom stereocenters. The molecule has 2 heterocycles. The first-order chi connectivity index (χ1) is 11.0. The molecular formula is C12H17ClFN4O4P. The molecule has 2 aromatic rings. The van der Waals surface area contributed by atoms with Crippen LogP contribution in [0.5, 0.6) is 0 Å². The monoisotopic (exact) mass is 366 g/mol. The second-order valence-electron chi connectivity index (χ2n) is 4.31. The molecule has 0 aromatic carbocycles. The first-order valence-corrected chi connectivity index (χ1v) is 8.96. The smallest absolute Gasteiger partial charge is 0.337 e. The van der Waals surface area contributed by atoms with Crippen molar-refractivity contribution in [2.45, 2.75) is 26.5 Å². The van der Waals surface area contributed by atoms with Crippen LogP contribution >= 0.6 is 19.2 Å². The summed E-state index contributed by atoms with van der Waals surface area (Å²) in [7, 11) is -3.93. The van der Waals surface area contributed by atoms with Gasteiger partial charge in [0.05, 0.1) is 26.1 Å². The van der Waals surface area contributed by atoms with Crippen molar-refractivity contribution in [2.75, 3.05) is 19.8 Å². The largest absolute Gasteiger partial charge is 0.391 e. The molecule has 2 aromatic heterocycles. The van der Waals surface area contributed by atoms with Gasteiger partial charge < -0.3 is 18.4 Å². The van der Waals surface area contributed by atoms with E-state index in [0.29, 0.717) is 11.2 Å². The summed E-state index contributed by atoms with van der Waals surface area (Å²) in [4.78, 5) is 12.0. The lowest BCUT2D eigenvalue weighted by atomic mass is 10.5. The fraction of sp³-hybridized carbons (Fsp3) is 0.583. The highest BCUT2D eigenvalue weighted by molar-refractivity contribution is 7.54. The van der Waals surface area contributed by atoms with Crippen LogP contribution in [0.4, 0.5) is 4.39 Å². The van der Waals surface area contributed by atoms with Gasteiger partial charge in [0.25, 0.3) is 0 Å². The molecule has 128 valence electrons. The quantitative estimate of drug-likeness (QED) is 0.498. The van der Waals surface area contributed by atoms with Gasteiger partial charge in [-0.2, -0.15) is 0 Å². The van der Waals surface area contributed by atoms with Crippen molar-refractivity contribution in [2.24, 2.45) is 0 Å². The Bertz CT molecular complexity index is 691. The number of halogens is 2. The second-order valence-corrected chi connectivity index (χ2v) is 6.67. The van der Waals surface area contributed by atoms with E-state index >= 15 is 0 Å². The Kier molecular flexibility index (Phi) is 6.43. The molecule has 0 bridgehead atoms. The van der Waals surface area contributed by atoms with E-state index in [9.17, 15) is 8.96 Å². The number of nitrogens with zero attached hydrogens (tertiary/aromatic N) is 4. The zero-order valence-corrected chi connectivity index (χ0v) is 14.3. The van der Waals surface area contributed by atoms with Crippen molar-refractivity contribution in [3.8, 4) is 0 Å². The van der Waals surface area contributed by atoms with E-state index in [4.69, 9.17) is 25.4 Å². The molecule has 0 N–H and O–H groups in total. The number of imidazole rings is 1. The topological polar surface area (TPSA) is 88.4 Å². The molecule has 23 heavy (non-hydrogen) atoms. The maximum atomic E-state index is 14.0. The highest BCUT2D eigenvalue weighted by Crippen LogP contribution is 2.53. The molecule has 0 spiro atoms. The number of hydrogen-bond donors (Lipinski definition) is 0. The van der Waals surface area contributed by atoms with E-state index < -0.39 is 13.7 Å². The van der Waals surface area contributed by atoms with Gasteiger partial charge in [-0.05, 0) is 13.8 Å². The lowest BCUT2D eigenvalue weighted by Gasteiger charge is -2.20. The molecule has 1 atom stereocenters. The number of fused-ring (bicyclic) bond motifs is 1. The van der Waals surface area contributed by atoms with Gasteiger partial charge in [0.2, 0.25) is 0 Å². The van der Waals surface area contributed by atoms with Crippen molar-refractivity contribution < 1.29 is 22.7 Å². The van der Waals surface area contributed by atoms with Crippen molar-refractivity contribution in [3.63, 3.8) is 0 Å². The van der Waals surface area contributed by atoms with E-state index in [0.717, 1.165) is 0 Å². The molecular weight excluding hydrogens is 350 g/mol. The number of ether oxygens (including phenoxy) is 1. The van der Waals surface area contributed by atoms with E-state index in [1.54, 1.807) is 18.4 Å². The van der Waals surface area contributed by atoms with E-state index in [1.807, 2.05) is 0 Å². The van der Waals surface area contributed by atoms with Crippen molar-refractivity contribution in [1.82, 2.24) is 19.5 Å². The van der Waals surface area contributed by atoms with Gasteiger partial charge in [0, 0.05) is 6.54 Å². The zero-order valence-electron chi connectivity index (χ0n) is 12.7. The molecule has 0 aliphatic carbocycles. The molecule has 11 heteroatoms. The summed E-state index contributed by atoms with van der Waals surface area (Å²) in [5.74, 6) is 0. The number of alkyl halides is 1. The molecule has 0 saturated heterocycles. The van der Waals surface area contributed by atoms with E-state index in [-0.39, 0.29) is 31.5 Å². The molecule has 0 aliphatic rings. The van der Waals surface area contributed by atoms with Crippen molar-refractivity contribution in [1.29, 1.82) is 0 Å². The van der Waals surface area contributed by atoms with Gasteiger partial charge in [-0.3, -0.25) is 4.57 Å². The molecule has 0 radical (unpaired) electrons. The van der Waals surface area contributed by atoms with Crippen LogP contribution in [0.25, 0.3) is 11.2 Å². The summed E-state index contributed by atoms with van der Waals surface area (Å²) in [5.41, 5.74) is 0.946. The van der Waals surface area contributed by atoms with E-state index in [1.165, 1.54) is 12.7 Å². The minimum absolute atomic E-state index is 0.0582. The van der Waals surface area contributed by atoms with Crippen molar-refractivity contribution >= 4 is 30.4 Å². The predicted octanol–water partition coefficient (Wildman–Crippen LogP) is 3.02. The normalized spacial score (nSPS) is 13.6. The summed E-state index contributed by atoms with van der Waals surface area (Å²) < 4.78 is 42.5. The molecule has 8 nitrogen and oxygen atoms in total. The fourth-order valence-corrected chi connectivity index (χ4v) is 3.36. The van der Waals surface area contributed by atoms with Gasteiger partial charge in [0.15, 0.2) is 10.8 Å². The van der Waals surface area contributed by atoms with Crippen LogP contribution < -0.4 is 0 Å². The Balaban J connectivity index is 1.98. The zero-order chi connectivity index (χ0) is 16.9. The Morgan fingerprint density at radius 2 is 2.00 bits per heavy atom. The van der Waals surface area contributed by atoms with Gasteiger partial charge in [-0.1, -0.05) is 11.6 Å². The fourth-order valence-electron chi connectivity index (χ4n) is 1.87. The second kappa shape index (κ2) is 8.12. The molecule has 0 saturated carbocycles. The molecule has 0 fully saturated rings. The lowest BCUT2D eigenvalue weighted by Crippen LogP contribution is -2.15. The molecule has 0 amide bonds. The SMILES string of the molecule is CCOP(=O)(OCC)C(F)OCCn1cnc2c(Cl)ncnc21. The van der Waals surface area contributed by atoms with Crippen LogP contribution in [0.15, 0.2) is 12.7 Å². The highest BCUT2D eigenvalue weighted by Gasteiger charge is 2.36. The number of hydrogen-bond acceptors (Lipinski definition) is 7. The average molecular weight is 367 g/mol. The Morgan fingerprint density at radius 3 is 2.65 bits per heavy atom.